The molecule has 18 heavy (non-hydrogen) atoms. The van der Waals surface area contributed by atoms with Gasteiger partial charge in [0.15, 0.2) is 11.6 Å². The third-order valence-corrected chi connectivity index (χ3v) is 3.14. The topological polar surface area (TPSA) is 37.8 Å². The Hall–Kier alpha value is -1.40. The molecule has 0 fully saturated rings. The maximum atomic E-state index is 13.2. The number of hydrogen-bond donors (Lipinski definition) is 1. The fourth-order valence-corrected chi connectivity index (χ4v) is 2.10. The van der Waals surface area contributed by atoms with Crippen molar-refractivity contribution in [3.05, 3.63) is 34.7 Å². The lowest BCUT2D eigenvalue weighted by molar-refractivity contribution is 0.509. The summed E-state index contributed by atoms with van der Waals surface area (Å²) < 4.78 is 29.9. The number of nitrogens with one attached hydrogen (secondary N) is 1. The van der Waals surface area contributed by atoms with Crippen LogP contribution in [0.3, 0.4) is 0 Å². The summed E-state index contributed by atoms with van der Waals surface area (Å²) in [6, 6.07) is 4.09. The molecular weight excluding hydrogens is 256 g/mol. The van der Waals surface area contributed by atoms with Gasteiger partial charge < -0.3 is 5.32 Å². The second-order valence-corrected chi connectivity index (χ2v) is 5.05. The van der Waals surface area contributed by atoms with Gasteiger partial charge in [0, 0.05) is 18.2 Å². The molecule has 6 heteroatoms. The second-order valence-electron chi connectivity index (χ2n) is 4.21. The molecule has 0 atom stereocenters. The van der Waals surface area contributed by atoms with E-state index >= 15 is 0 Å². The first-order valence-electron chi connectivity index (χ1n) is 5.58. The maximum Gasteiger partial charge on any atom is 0.159 e. The molecule has 1 N–H and O–H groups in total. The van der Waals surface area contributed by atoms with Gasteiger partial charge in [-0.15, -0.1) is 5.10 Å². The maximum absolute atomic E-state index is 13.2. The van der Waals surface area contributed by atoms with Gasteiger partial charge in [-0.2, -0.15) is 0 Å². The van der Waals surface area contributed by atoms with Crippen LogP contribution >= 0.6 is 11.5 Å². The lowest BCUT2D eigenvalue weighted by Gasteiger charge is -2.07. The Balaban J connectivity index is 2.27. The molecule has 0 aliphatic rings. The van der Waals surface area contributed by atoms with Gasteiger partial charge in [0.05, 0.1) is 4.88 Å². The smallest absolute Gasteiger partial charge is 0.159 e. The van der Waals surface area contributed by atoms with E-state index in [0.717, 1.165) is 17.0 Å². The molecule has 1 aromatic carbocycles. The number of hydrogen-bond acceptors (Lipinski definition) is 4. The van der Waals surface area contributed by atoms with Crippen LogP contribution < -0.4 is 5.32 Å². The molecule has 1 aromatic heterocycles. The second kappa shape index (κ2) is 5.49. The van der Waals surface area contributed by atoms with E-state index in [4.69, 9.17) is 0 Å². The molecule has 0 radical (unpaired) electrons. The van der Waals surface area contributed by atoms with Crippen LogP contribution in [-0.4, -0.2) is 15.6 Å². The molecule has 0 aliphatic heterocycles. The van der Waals surface area contributed by atoms with E-state index in [-0.39, 0.29) is 0 Å². The van der Waals surface area contributed by atoms with Crippen molar-refractivity contribution in [3.63, 3.8) is 0 Å². The lowest BCUT2D eigenvalue weighted by atomic mass is 10.1. The molecule has 3 nitrogen and oxygen atoms in total. The molecule has 0 saturated carbocycles. The van der Waals surface area contributed by atoms with E-state index < -0.39 is 11.6 Å². The minimum absolute atomic E-state index is 0.338. The van der Waals surface area contributed by atoms with Crippen molar-refractivity contribution in [2.75, 3.05) is 0 Å². The molecule has 0 amide bonds. The summed E-state index contributed by atoms with van der Waals surface area (Å²) in [7, 11) is 0. The predicted molar refractivity (Wildman–Crippen MR) is 67.2 cm³/mol. The van der Waals surface area contributed by atoms with Gasteiger partial charge in [-0.25, -0.2) is 8.78 Å². The van der Waals surface area contributed by atoms with Gasteiger partial charge in [0.1, 0.15) is 5.69 Å². The standard InChI is InChI=1S/C12H13F2N3S/c1-7(2)15-6-11-12(16-17-18-11)8-3-4-9(13)10(14)5-8/h3-5,7,15H,6H2,1-2H3. The quantitative estimate of drug-likeness (QED) is 0.927. The monoisotopic (exact) mass is 269 g/mol. The highest BCUT2D eigenvalue weighted by molar-refractivity contribution is 7.05. The average molecular weight is 269 g/mol. The van der Waals surface area contributed by atoms with E-state index in [1.807, 2.05) is 13.8 Å². The average Bonchev–Trinajstić information content (AvgIpc) is 2.78. The van der Waals surface area contributed by atoms with Crippen molar-refractivity contribution in [1.29, 1.82) is 0 Å². The number of aromatic nitrogens is 2. The normalized spacial score (nSPS) is 11.2. The summed E-state index contributed by atoms with van der Waals surface area (Å²) in [5.41, 5.74) is 1.15. The summed E-state index contributed by atoms with van der Waals surface area (Å²) in [4.78, 5) is 0.912. The Kier molecular flexibility index (Phi) is 3.98. The Morgan fingerprint density at radius 3 is 2.72 bits per heavy atom. The molecule has 0 spiro atoms. The fourth-order valence-electron chi connectivity index (χ4n) is 1.48. The fraction of sp³-hybridized carbons (Fsp3) is 0.333. The molecule has 2 aromatic rings. The van der Waals surface area contributed by atoms with Gasteiger partial charge in [-0.05, 0) is 29.7 Å². The molecule has 0 saturated heterocycles. The van der Waals surface area contributed by atoms with Crippen molar-refractivity contribution >= 4 is 11.5 Å². The van der Waals surface area contributed by atoms with Gasteiger partial charge in [0.2, 0.25) is 0 Å². The third kappa shape index (κ3) is 2.88. The van der Waals surface area contributed by atoms with E-state index in [2.05, 4.69) is 14.9 Å². The zero-order valence-electron chi connectivity index (χ0n) is 10.1. The van der Waals surface area contributed by atoms with E-state index in [9.17, 15) is 8.78 Å². The van der Waals surface area contributed by atoms with Crippen molar-refractivity contribution in [2.24, 2.45) is 0 Å². The van der Waals surface area contributed by atoms with Crippen molar-refractivity contribution in [2.45, 2.75) is 26.4 Å². The number of nitrogens with zero attached hydrogens (tertiary/aromatic N) is 2. The SMILES string of the molecule is CC(C)NCc1snnc1-c1ccc(F)c(F)c1. The molecule has 1 heterocycles. The van der Waals surface area contributed by atoms with Crippen molar-refractivity contribution in [3.8, 4) is 11.3 Å². The number of benzene rings is 1. The summed E-state index contributed by atoms with van der Waals surface area (Å²) in [5, 5.41) is 7.22. The highest BCUT2D eigenvalue weighted by Crippen LogP contribution is 2.25. The molecule has 0 bridgehead atoms. The Labute approximate surface area is 108 Å². The highest BCUT2D eigenvalue weighted by Gasteiger charge is 2.12. The largest absolute Gasteiger partial charge is 0.310 e. The minimum Gasteiger partial charge on any atom is -0.310 e. The molecule has 2 rings (SSSR count). The zero-order chi connectivity index (χ0) is 13.1. The number of halogens is 2. The first-order chi connectivity index (χ1) is 8.58. The summed E-state index contributed by atoms with van der Waals surface area (Å²) in [5.74, 6) is -1.73. The predicted octanol–water partition coefficient (Wildman–Crippen LogP) is 2.98. The summed E-state index contributed by atoms with van der Waals surface area (Å²) in [6.45, 7) is 4.68. The lowest BCUT2D eigenvalue weighted by Crippen LogP contribution is -2.21. The molecular formula is C12H13F2N3S. The van der Waals surface area contributed by atoms with Gasteiger partial charge in [-0.3, -0.25) is 0 Å². The molecule has 0 unspecified atom stereocenters. The first kappa shape index (κ1) is 13.0. The van der Waals surface area contributed by atoms with E-state index in [1.165, 1.54) is 17.6 Å². The van der Waals surface area contributed by atoms with Crippen LogP contribution in [0.2, 0.25) is 0 Å². The van der Waals surface area contributed by atoms with Gasteiger partial charge >= 0.3 is 0 Å². The van der Waals surface area contributed by atoms with Crippen molar-refractivity contribution in [1.82, 2.24) is 14.9 Å². The van der Waals surface area contributed by atoms with Crippen LogP contribution in [0.5, 0.6) is 0 Å². The summed E-state index contributed by atoms with van der Waals surface area (Å²) in [6.07, 6.45) is 0. The van der Waals surface area contributed by atoms with E-state index in [1.54, 1.807) is 0 Å². The van der Waals surface area contributed by atoms with Crippen LogP contribution in [0.1, 0.15) is 18.7 Å². The Bertz CT molecular complexity index is 540. The van der Waals surface area contributed by atoms with Crippen LogP contribution in [0.25, 0.3) is 11.3 Å². The third-order valence-electron chi connectivity index (χ3n) is 2.42. The minimum atomic E-state index is -0.872. The van der Waals surface area contributed by atoms with Crippen LogP contribution in [0.4, 0.5) is 8.78 Å². The number of rotatable bonds is 4. The zero-order valence-corrected chi connectivity index (χ0v) is 10.9. The Morgan fingerprint density at radius 2 is 2.06 bits per heavy atom. The van der Waals surface area contributed by atoms with Crippen LogP contribution in [0, 0.1) is 11.6 Å². The molecule has 0 aliphatic carbocycles. The van der Waals surface area contributed by atoms with Crippen LogP contribution in [0.15, 0.2) is 18.2 Å². The Morgan fingerprint density at radius 1 is 1.28 bits per heavy atom. The summed E-state index contributed by atoms with van der Waals surface area (Å²) >= 11 is 1.26. The molecule has 96 valence electrons. The first-order valence-corrected chi connectivity index (χ1v) is 6.35. The van der Waals surface area contributed by atoms with Gasteiger partial charge in [0.25, 0.3) is 0 Å². The van der Waals surface area contributed by atoms with Crippen LogP contribution in [-0.2, 0) is 6.54 Å². The van der Waals surface area contributed by atoms with Gasteiger partial charge in [-0.1, -0.05) is 18.3 Å². The highest BCUT2D eigenvalue weighted by atomic mass is 32.1. The van der Waals surface area contributed by atoms with Crippen molar-refractivity contribution < 1.29 is 8.78 Å². The van der Waals surface area contributed by atoms with E-state index in [0.29, 0.717) is 23.8 Å².